The molecule has 2 atom stereocenters. The predicted molar refractivity (Wildman–Crippen MR) is 307 cm³/mol. The molecule has 9 nitrogen and oxygen atoms in total. The van der Waals surface area contributed by atoms with Crippen molar-refractivity contribution in [3.05, 3.63) is 48.6 Å². The molecule has 72 heavy (non-hydrogen) atoms. The predicted octanol–water partition coefficient (Wildman–Crippen LogP) is 19.4. The topological polar surface area (TPSA) is 134 Å². The Morgan fingerprint density at radius 1 is 0.431 bits per heavy atom. The highest BCUT2D eigenvalue weighted by molar-refractivity contribution is 7.47. The van der Waals surface area contributed by atoms with Gasteiger partial charge in [-0.25, -0.2) is 4.57 Å². The molecular weight excluding hydrogens is 918 g/mol. The minimum Gasteiger partial charge on any atom is -0.462 e. The third-order valence-corrected chi connectivity index (χ3v) is 14.5. The highest BCUT2D eigenvalue weighted by atomic mass is 31.2. The summed E-state index contributed by atoms with van der Waals surface area (Å²) in [7, 11) is -4.38. The Morgan fingerprint density at radius 3 is 1.14 bits per heavy atom. The van der Waals surface area contributed by atoms with Crippen LogP contribution < -0.4 is 5.73 Å². The molecule has 0 radical (unpaired) electrons. The highest BCUT2D eigenvalue weighted by Gasteiger charge is 2.26. The first-order valence-corrected chi connectivity index (χ1v) is 32.1. The number of ether oxygens (including phenoxy) is 2. The van der Waals surface area contributed by atoms with Crippen LogP contribution in [0, 0.1) is 0 Å². The number of nitrogens with two attached hydrogens (primary N) is 1. The van der Waals surface area contributed by atoms with Gasteiger partial charge in [0.1, 0.15) is 6.61 Å². The Balaban J connectivity index is 3.67. The lowest BCUT2D eigenvalue weighted by atomic mass is 10.0. The summed E-state index contributed by atoms with van der Waals surface area (Å²) in [6.45, 7) is 3.65. The molecule has 0 aromatic heterocycles. The largest absolute Gasteiger partial charge is 0.472 e. The zero-order valence-corrected chi connectivity index (χ0v) is 48.1. The van der Waals surface area contributed by atoms with Crippen molar-refractivity contribution in [3.8, 4) is 0 Å². The fourth-order valence-electron chi connectivity index (χ4n) is 8.98. The van der Waals surface area contributed by atoms with E-state index >= 15 is 0 Å². The molecule has 0 aliphatic carbocycles. The molecule has 0 fully saturated rings. The fourth-order valence-corrected chi connectivity index (χ4v) is 9.75. The van der Waals surface area contributed by atoms with Crippen molar-refractivity contribution in [1.29, 1.82) is 0 Å². The summed E-state index contributed by atoms with van der Waals surface area (Å²) in [5.41, 5.74) is 5.37. The second-order valence-electron chi connectivity index (χ2n) is 20.6. The maximum atomic E-state index is 12.7. The zero-order chi connectivity index (χ0) is 52.4. The first-order chi connectivity index (χ1) is 35.3. The third kappa shape index (κ3) is 57.3. The number of carbonyl (C=O) groups excluding carboxylic acids is 2. The molecule has 0 spiro atoms. The summed E-state index contributed by atoms with van der Waals surface area (Å²) in [4.78, 5) is 35.0. The van der Waals surface area contributed by atoms with E-state index < -0.39 is 26.5 Å². The van der Waals surface area contributed by atoms with Gasteiger partial charge >= 0.3 is 19.8 Å². The van der Waals surface area contributed by atoms with Crippen LogP contribution in [0.4, 0.5) is 0 Å². The van der Waals surface area contributed by atoms with Crippen LogP contribution in [0.1, 0.15) is 303 Å². The number of phosphoric acid groups is 1. The molecule has 422 valence electrons. The normalized spacial score (nSPS) is 13.3. The van der Waals surface area contributed by atoms with Crippen LogP contribution in [0.3, 0.4) is 0 Å². The van der Waals surface area contributed by atoms with E-state index in [1.807, 2.05) is 0 Å². The molecule has 0 saturated carbocycles. The van der Waals surface area contributed by atoms with E-state index in [0.717, 1.165) is 57.8 Å². The lowest BCUT2D eigenvalue weighted by Gasteiger charge is -2.19. The summed E-state index contributed by atoms with van der Waals surface area (Å²) in [5.74, 6) is -0.814. The molecule has 0 aliphatic rings. The summed E-state index contributed by atoms with van der Waals surface area (Å²) in [5, 5.41) is 0. The Labute approximate surface area is 445 Å². The second kappa shape index (κ2) is 58.2. The molecule has 0 bridgehead atoms. The van der Waals surface area contributed by atoms with Crippen molar-refractivity contribution in [3.63, 3.8) is 0 Å². The summed E-state index contributed by atoms with van der Waals surface area (Å²) in [6.07, 6.45) is 72.3. The van der Waals surface area contributed by atoms with Gasteiger partial charge in [-0.3, -0.25) is 18.6 Å². The number of hydrogen-bond acceptors (Lipinski definition) is 8. The smallest absolute Gasteiger partial charge is 0.462 e. The number of unbranched alkanes of at least 4 members (excludes halogenated alkanes) is 37. The molecule has 0 aromatic carbocycles. The number of esters is 2. The molecule has 2 unspecified atom stereocenters. The van der Waals surface area contributed by atoms with Gasteiger partial charge in [-0.1, -0.05) is 287 Å². The van der Waals surface area contributed by atoms with E-state index in [-0.39, 0.29) is 38.6 Å². The van der Waals surface area contributed by atoms with Crippen LogP contribution in [0.25, 0.3) is 0 Å². The summed E-state index contributed by atoms with van der Waals surface area (Å²) < 4.78 is 32.9. The Kier molecular flexibility index (Phi) is 56.6. The van der Waals surface area contributed by atoms with Crippen LogP contribution in [-0.2, 0) is 32.7 Å². The Hall–Kier alpha value is -2.03. The van der Waals surface area contributed by atoms with Crippen LogP contribution in [-0.4, -0.2) is 49.3 Å². The molecule has 0 saturated heterocycles. The van der Waals surface area contributed by atoms with Gasteiger partial charge in [0.05, 0.1) is 13.2 Å². The van der Waals surface area contributed by atoms with Gasteiger partial charge in [-0.05, 0) is 51.4 Å². The SMILES string of the molecule is CC/C=C\C/C=C\C/C=C\C/C=C\CCCCCCCCCCCCCCCCCCCCCCCCCCCCCCC(=O)OC(COC(=O)CCCCCCCCCCCC)COP(=O)(O)OCCN. The first-order valence-electron chi connectivity index (χ1n) is 30.6. The van der Waals surface area contributed by atoms with E-state index in [4.69, 9.17) is 24.3 Å². The van der Waals surface area contributed by atoms with Crippen molar-refractivity contribution in [1.82, 2.24) is 0 Å². The second-order valence-corrected chi connectivity index (χ2v) is 22.0. The van der Waals surface area contributed by atoms with Gasteiger partial charge in [0, 0.05) is 19.4 Å². The molecule has 0 aromatic rings. The fraction of sp³-hybridized carbons (Fsp3) is 0.839. The van der Waals surface area contributed by atoms with Gasteiger partial charge in [-0.15, -0.1) is 0 Å². The van der Waals surface area contributed by atoms with Crippen LogP contribution >= 0.6 is 7.82 Å². The van der Waals surface area contributed by atoms with Crippen LogP contribution in [0.15, 0.2) is 48.6 Å². The van der Waals surface area contributed by atoms with Gasteiger partial charge in [0.25, 0.3) is 0 Å². The van der Waals surface area contributed by atoms with Crippen LogP contribution in [0.5, 0.6) is 0 Å². The number of allylic oxidation sites excluding steroid dienone is 8. The van der Waals surface area contributed by atoms with Gasteiger partial charge in [0.15, 0.2) is 6.10 Å². The van der Waals surface area contributed by atoms with E-state index in [0.29, 0.717) is 6.42 Å². The molecule has 0 aliphatic heterocycles. The van der Waals surface area contributed by atoms with Gasteiger partial charge in [0.2, 0.25) is 0 Å². The van der Waals surface area contributed by atoms with E-state index in [9.17, 15) is 19.0 Å². The van der Waals surface area contributed by atoms with Crippen molar-refractivity contribution >= 4 is 19.8 Å². The van der Waals surface area contributed by atoms with Gasteiger partial charge < -0.3 is 20.1 Å². The van der Waals surface area contributed by atoms with E-state index in [1.165, 1.54) is 212 Å². The monoisotopic (exact) mass is 1030 g/mol. The van der Waals surface area contributed by atoms with Crippen molar-refractivity contribution in [2.75, 3.05) is 26.4 Å². The molecule has 0 rings (SSSR count). The number of hydrogen-bond donors (Lipinski definition) is 2. The maximum Gasteiger partial charge on any atom is 0.472 e. The zero-order valence-electron chi connectivity index (χ0n) is 47.2. The minimum atomic E-state index is -4.38. The maximum absolute atomic E-state index is 12.7. The number of phosphoric ester groups is 1. The van der Waals surface area contributed by atoms with Gasteiger partial charge in [-0.2, -0.15) is 0 Å². The summed E-state index contributed by atoms with van der Waals surface area (Å²) >= 11 is 0. The molecule has 0 amide bonds. The average molecular weight is 1030 g/mol. The molecular formula is C62H116NO8P. The van der Waals surface area contributed by atoms with Crippen molar-refractivity contribution in [2.45, 2.75) is 309 Å². The minimum absolute atomic E-state index is 0.0562. The van der Waals surface area contributed by atoms with E-state index in [2.05, 4.69) is 62.5 Å². The lowest BCUT2D eigenvalue weighted by Crippen LogP contribution is -2.29. The molecule has 0 heterocycles. The van der Waals surface area contributed by atoms with Crippen molar-refractivity contribution < 1.29 is 37.6 Å². The lowest BCUT2D eigenvalue weighted by molar-refractivity contribution is -0.161. The number of carbonyl (C=O) groups is 2. The molecule has 3 N–H and O–H groups in total. The first kappa shape index (κ1) is 70.0. The Morgan fingerprint density at radius 2 is 0.764 bits per heavy atom. The Bertz CT molecular complexity index is 1320. The van der Waals surface area contributed by atoms with E-state index in [1.54, 1.807) is 0 Å². The average Bonchev–Trinajstić information content (AvgIpc) is 3.37. The van der Waals surface area contributed by atoms with Crippen molar-refractivity contribution in [2.24, 2.45) is 5.73 Å². The highest BCUT2D eigenvalue weighted by Crippen LogP contribution is 2.43. The summed E-state index contributed by atoms with van der Waals surface area (Å²) in [6, 6.07) is 0. The standard InChI is InChI=1S/C62H116NO8P/c1-3-5-7-9-11-13-15-16-17-18-19-20-21-22-23-24-25-26-27-28-29-30-31-32-33-34-35-36-37-38-39-40-41-42-43-44-45-47-49-51-53-55-62(65)71-60(59-70-72(66,67)69-57-56-63)58-68-61(64)54-52-50-48-46-14-12-10-8-6-4-2/h5,7,11,13,16-17,19-20,60H,3-4,6,8-10,12,14-15,18,21-59,63H2,1-2H3,(H,66,67)/b7-5-,13-11-,17-16-,20-19-. The third-order valence-electron chi connectivity index (χ3n) is 13.5. The van der Waals surface area contributed by atoms with Crippen LogP contribution in [0.2, 0.25) is 0 Å². The number of rotatable bonds is 58. The molecule has 10 heteroatoms. The quantitative estimate of drug-likeness (QED) is 0.0264.